The number of hydrogen-bond acceptors (Lipinski definition) is 5. The van der Waals surface area contributed by atoms with E-state index in [0.717, 1.165) is 12.8 Å². The number of nitrogens with zero attached hydrogens (tertiary/aromatic N) is 1. The van der Waals surface area contributed by atoms with Gasteiger partial charge in [-0.25, -0.2) is 4.79 Å². The molecule has 1 unspecified atom stereocenters. The van der Waals surface area contributed by atoms with Crippen LogP contribution < -0.4 is 10.5 Å². The van der Waals surface area contributed by atoms with Crippen LogP contribution in [0.4, 0.5) is 0 Å². The first kappa shape index (κ1) is 16.8. The number of esters is 1. The van der Waals surface area contributed by atoms with E-state index in [1.807, 2.05) is 0 Å². The highest BCUT2D eigenvalue weighted by Gasteiger charge is 2.26. The zero-order valence-corrected chi connectivity index (χ0v) is 13.0. The minimum atomic E-state index is -0.837. The summed E-state index contributed by atoms with van der Waals surface area (Å²) in [4.78, 5) is 36.7. The second-order valence-electron chi connectivity index (χ2n) is 5.36. The average molecular weight is 320 g/mol. The van der Waals surface area contributed by atoms with E-state index >= 15 is 0 Å². The van der Waals surface area contributed by atoms with Gasteiger partial charge in [-0.15, -0.1) is 0 Å². The molecule has 1 atom stereocenters. The van der Waals surface area contributed by atoms with E-state index in [9.17, 15) is 14.4 Å². The van der Waals surface area contributed by atoms with E-state index in [4.69, 9.17) is 15.2 Å². The number of primary amides is 1. The molecule has 0 saturated carbocycles. The Hall–Kier alpha value is -2.57. The first-order chi connectivity index (χ1) is 11.0. The van der Waals surface area contributed by atoms with Gasteiger partial charge in [0.2, 0.25) is 0 Å². The molecule has 1 aromatic rings. The Kier molecular flexibility index (Phi) is 5.56. The molecule has 1 saturated heterocycles. The van der Waals surface area contributed by atoms with Crippen molar-refractivity contribution in [2.75, 3.05) is 19.7 Å². The number of ether oxygens (including phenoxy) is 2. The predicted molar refractivity (Wildman–Crippen MR) is 81.8 cm³/mol. The van der Waals surface area contributed by atoms with Gasteiger partial charge in [-0.3, -0.25) is 9.59 Å². The third-order valence-electron chi connectivity index (χ3n) is 3.50. The van der Waals surface area contributed by atoms with Crippen molar-refractivity contribution in [3.8, 4) is 5.75 Å². The Morgan fingerprint density at radius 3 is 2.61 bits per heavy atom. The molecule has 124 valence electrons. The molecule has 7 heteroatoms. The molecule has 0 aliphatic carbocycles. The number of benzene rings is 1. The monoisotopic (exact) mass is 320 g/mol. The molecule has 2 rings (SSSR count). The zero-order valence-electron chi connectivity index (χ0n) is 13.0. The van der Waals surface area contributed by atoms with E-state index in [-0.39, 0.29) is 18.1 Å². The summed E-state index contributed by atoms with van der Waals surface area (Å²) < 4.78 is 10.3. The van der Waals surface area contributed by atoms with Gasteiger partial charge in [0.05, 0.1) is 5.56 Å². The molecule has 2 N–H and O–H groups in total. The predicted octanol–water partition coefficient (Wildman–Crippen LogP) is 0.718. The number of hydrogen-bond donors (Lipinski definition) is 1. The lowest BCUT2D eigenvalue weighted by atomic mass is 10.2. The second kappa shape index (κ2) is 7.62. The summed E-state index contributed by atoms with van der Waals surface area (Å²) in [7, 11) is 0. The molecule has 0 spiro atoms. The first-order valence-corrected chi connectivity index (χ1v) is 7.48. The van der Waals surface area contributed by atoms with E-state index in [2.05, 4.69) is 0 Å². The number of carbonyl (C=O) groups excluding carboxylic acids is 3. The van der Waals surface area contributed by atoms with Crippen LogP contribution in [0.25, 0.3) is 0 Å². The minimum Gasteiger partial charge on any atom is -0.484 e. The van der Waals surface area contributed by atoms with Crippen LogP contribution in [0.5, 0.6) is 5.75 Å². The molecular formula is C16H20N2O5. The SMILES string of the molecule is CC(OC(=O)c1cccc(OCC(N)=O)c1)C(=O)N1CCCC1. The molecule has 1 aromatic carbocycles. The zero-order chi connectivity index (χ0) is 16.8. The van der Waals surface area contributed by atoms with Crippen molar-refractivity contribution >= 4 is 17.8 Å². The van der Waals surface area contributed by atoms with Crippen molar-refractivity contribution < 1.29 is 23.9 Å². The summed E-state index contributed by atoms with van der Waals surface area (Å²) in [6.07, 6.45) is 1.12. The van der Waals surface area contributed by atoms with E-state index in [0.29, 0.717) is 18.8 Å². The highest BCUT2D eigenvalue weighted by molar-refractivity contribution is 5.92. The molecule has 0 radical (unpaired) electrons. The van der Waals surface area contributed by atoms with Crippen molar-refractivity contribution in [2.24, 2.45) is 5.73 Å². The minimum absolute atomic E-state index is 0.183. The summed E-state index contributed by atoms with van der Waals surface area (Å²) in [5.74, 6) is -1.08. The summed E-state index contributed by atoms with van der Waals surface area (Å²) in [5, 5.41) is 0. The number of carbonyl (C=O) groups is 3. The lowest BCUT2D eigenvalue weighted by Crippen LogP contribution is -2.38. The second-order valence-corrected chi connectivity index (χ2v) is 5.36. The number of nitrogens with two attached hydrogens (primary N) is 1. The van der Waals surface area contributed by atoms with Gasteiger partial charge in [0.1, 0.15) is 5.75 Å². The van der Waals surface area contributed by atoms with Crippen LogP contribution in [0.1, 0.15) is 30.1 Å². The van der Waals surface area contributed by atoms with Crippen molar-refractivity contribution in [2.45, 2.75) is 25.9 Å². The maximum atomic E-state index is 12.1. The van der Waals surface area contributed by atoms with Crippen molar-refractivity contribution in [1.82, 2.24) is 4.90 Å². The lowest BCUT2D eigenvalue weighted by molar-refractivity contribution is -0.138. The Morgan fingerprint density at radius 1 is 1.26 bits per heavy atom. The maximum Gasteiger partial charge on any atom is 0.339 e. The topological polar surface area (TPSA) is 98.9 Å². The summed E-state index contributed by atoms with van der Waals surface area (Å²) in [5.41, 5.74) is 5.24. The number of amides is 2. The third kappa shape index (κ3) is 4.70. The van der Waals surface area contributed by atoms with Crippen molar-refractivity contribution in [3.63, 3.8) is 0 Å². The van der Waals surface area contributed by atoms with Gasteiger partial charge in [-0.05, 0) is 38.0 Å². The Bertz CT molecular complexity index is 596. The van der Waals surface area contributed by atoms with Crippen LogP contribution in [-0.4, -0.2) is 48.5 Å². The normalized spacial score (nSPS) is 15.1. The molecule has 1 aliphatic heterocycles. The standard InChI is InChI=1S/C16H20N2O5/c1-11(15(20)18-7-2-3-8-18)23-16(21)12-5-4-6-13(9-12)22-10-14(17)19/h4-6,9,11H,2-3,7-8,10H2,1H3,(H2,17,19). The fourth-order valence-corrected chi connectivity index (χ4v) is 2.34. The molecule has 0 aromatic heterocycles. The van der Waals surface area contributed by atoms with Gasteiger partial charge in [0, 0.05) is 13.1 Å². The lowest BCUT2D eigenvalue weighted by Gasteiger charge is -2.20. The van der Waals surface area contributed by atoms with Crippen molar-refractivity contribution in [1.29, 1.82) is 0 Å². The van der Waals surface area contributed by atoms with Gasteiger partial charge in [0.25, 0.3) is 11.8 Å². The quantitative estimate of drug-likeness (QED) is 0.779. The number of likely N-dealkylation sites (tertiary alicyclic amines) is 1. The van der Waals surface area contributed by atoms with Crippen LogP contribution in [-0.2, 0) is 14.3 Å². The van der Waals surface area contributed by atoms with Gasteiger partial charge < -0.3 is 20.1 Å². The summed E-state index contributed by atoms with van der Waals surface area (Å²) in [6, 6.07) is 6.18. The maximum absolute atomic E-state index is 12.1. The molecule has 1 fully saturated rings. The smallest absolute Gasteiger partial charge is 0.339 e. The summed E-state index contributed by atoms with van der Waals surface area (Å²) in [6.45, 7) is 2.70. The van der Waals surface area contributed by atoms with E-state index < -0.39 is 18.0 Å². The van der Waals surface area contributed by atoms with Crippen LogP contribution >= 0.6 is 0 Å². The van der Waals surface area contributed by atoms with Gasteiger partial charge in [0.15, 0.2) is 12.7 Å². The number of rotatable bonds is 6. The van der Waals surface area contributed by atoms with Crippen LogP contribution in [0.15, 0.2) is 24.3 Å². The van der Waals surface area contributed by atoms with Crippen LogP contribution in [0.2, 0.25) is 0 Å². The molecule has 0 bridgehead atoms. The highest BCUT2D eigenvalue weighted by atomic mass is 16.5. The van der Waals surface area contributed by atoms with Gasteiger partial charge >= 0.3 is 5.97 Å². The summed E-state index contributed by atoms with van der Waals surface area (Å²) >= 11 is 0. The largest absolute Gasteiger partial charge is 0.484 e. The van der Waals surface area contributed by atoms with E-state index in [1.54, 1.807) is 30.0 Å². The van der Waals surface area contributed by atoms with Crippen molar-refractivity contribution in [3.05, 3.63) is 29.8 Å². The van der Waals surface area contributed by atoms with Crippen LogP contribution in [0.3, 0.4) is 0 Å². The molecule has 2 amide bonds. The Labute approximate surface area is 134 Å². The Morgan fingerprint density at radius 2 is 1.96 bits per heavy atom. The third-order valence-corrected chi connectivity index (χ3v) is 3.50. The molecule has 1 aliphatic rings. The molecule has 7 nitrogen and oxygen atoms in total. The Balaban J connectivity index is 1.95. The fraction of sp³-hybridized carbons (Fsp3) is 0.438. The van der Waals surface area contributed by atoms with Gasteiger partial charge in [-0.2, -0.15) is 0 Å². The highest BCUT2D eigenvalue weighted by Crippen LogP contribution is 2.16. The van der Waals surface area contributed by atoms with Crippen LogP contribution in [0, 0.1) is 0 Å². The fourth-order valence-electron chi connectivity index (χ4n) is 2.34. The molecular weight excluding hydrogens is 300 g/mol. The molecule has 1 heterocycles. The van der Waals surface area contributed by atoms with E-state index in [1.165, 1.54) is 6.07 Å². The first-order valence-electron chi connectivity index (χ1n) is 7.48. The molecule has 23 heavy (non-hydrogen) atoms. The average Bonchev–Trinajstić information content (AvgIpc) is 3.06. The van der Waals surface area contributed by atoms with Gasteiger partial charge in [-0.1, -0.05) is 6.07 Å².